The Hall–Kier alpha value is -1.16. The standard InChI is InChI=1S/C9H5FINO2/c1-14-9(13)7-6(10)3-2-5(4-12)8(7)11/h2-3H,1H3. The number of hydrogen-bond donors (Lipinski definition) is 0. The van der Waals surface area contributed by atoms with Crippen LogP contribution in [0.2, 0.25) is 0 Å². The average molecular weight is 305 g/mol. The lowest BCUT2D eigenvalue weighted by Crippen LogP contribution is -2.08. The van der Waals surface area contributed by atoms with Crippen LogP contribution in [0, 0.1) is 20.7 Å². The van der Waals surface area contributed by atoms with Crippen LogP contribution in [0.4, 0.5) is 4.39 Å². The number of carbonyl (C=O) groups excluding carboxylic acids is 1. The van der Waals surface area contributed by atoms with E-state index in [1.807, 2.05) is 6.07 Å². The monoisotopic (exact) mass is 305 g/mol. The Bertz CT molecular complexity index is 426. The van der Waals surface area contributed by atoms with Crippen LogP contribution in [0.3, 0.4) is 0 Å². The van der Waals surface area contributed by atoms with Gasteiger partial charge in [-0.2, -0.15) is 5.26 Å². The van der Waals surface area contributed by atoms with Gasteiger partial charge in [0.25, 0.3) is 0 Å². The van der Waals surface area contributed by atoms with Crippen molar-refractivity contribution in [3.05, 3.63) is 32.6 Å². The molecule has 0 unspecified atom stereocenters. The van der Waals surface area contributed by atoms with Gasteiger partial charge in [-0.25, -0.2) is 9.18 Å². The van der Waals surface area contributed by atoms with Crippen molar-refractivity contribution >= 4 is 28.6 Å². The lowest BCUT2D eigenvalue weighted by Gasteiger charge is -2.04. The number of ether oxygens (including phenoxy) is 1. The van der Waals surface area contributed by atoms with Gasteiger partial charge in [0.05, 0.1) is 12.7 Å². The van der Waals surface area contributed by atoms with Crippen LogP contribution in [0.1, 0.15) is 15.9 Å². The molecule has 0 aliphatic heterocycles. The summed E-state index contributed by atoms with van der Waals surface area (Å²) in [6.07, 6.45) is 0. The number of esters is 1. The van der Waals surface area contributed by atoms with E-state index in [0.29, 0.717) is 0 Å². The highest BCUT2D eigenvalue weighted by Crippen LogP contribution is 2.20. The van der Waals surface area contributed by atoms with Crippen LogP contribution in [-0.4, -0.2) is 13.1 Å². The van der Waals surface area contributed by atoms with E-state index in [4.69, 9.17) is 5.26 Å². The molecule has 72 valence electrons. The molecule has 0 saturated heterocycles. The van der Waals surface area contributed by atoms with E-state index < -0.39 is 11.8 Å². The second-order valence-electron chi connectivity index (χ2n) is 2.39. The van der Waals surface area contributed by atoms with E-state index in [0.717, 1.165) is 13.2 Å². The maximum atomic E-state index is 13.2. The molecule has 0 saturated carbocycles. The number of methoxy groups -OCH3 is 1. The molecule has 1 aromatic carbocycles. The van der Waals surface area contributed by atoms with Crippen LogP contribution in [-0.2, 0) is 4.74 Å². The largest absolute Gasteiger partial charge is 0.465 e. The first-order valence-electron chi connectivity index (χ1n) is 3.58. The van der Waals surface area contributed by atoms with E-state index >= 15 is 0 Å². The Kier molecular flexibility index (Phi) is 3.41. The van der Waals surface area contributed by atoms with Crippen molar-refractivity contribution in [3.8, 4) is 6.07 Å². The van der Waals surface area contributed by atoms with Crippen molar-refractivity contribution in [3.63, 3.8) is 0 Å². The SMILES string of the molecule is COC(=O)c1c(F)ccc(C#N)c1I. The number of rotatable bonds is 1. The molecule has 5 heteroatoms. The summed E-state index contributed by atoms with van der Waals surface area (Å²) in [7, 11) is 1.16. The Morgan fingerprint density at radius 1 is 1.64 bits per heavy atom. The summed E-state index contributed by atoms with van der Waals surface area (Å²) in [5.74, 6) is -1.45. The maximum Gasteiger partial charge on any atom is 0.341 e. The van der Waals surface area contributed by atoms with Gasteiger partial charge >= 0.3 is 5.97 Å². The first-order chi connectivity index (χ1) is 6.61. The van der Waals surface area contributed by atoms with Gasteiger partial charge in [0.15, 0.2) is 0 Å². The molecule has 0 spiro atoms. The molecule has 0 atom stereocenters. The molecule has 3 nitrogen and oxygen atoms in total. The topological polar surface area (TPSA) is 50.1 Å². The fraction of sp³-hybridized carbons (Fsp3) is 0.111. The summed E-state index contributed by atoms with van der Waals surface area (Å²) in [6.45, 7) is 0. The number of benzene rings is 1. The number of carbonyl (C=O) groups is 1. The predicted octanol–water partition coefficient (Wildman–Crippen LogP) is 2.09. The highest BCUT2D eigenvalue weighted by atomic mass is 127. The molecule has 14 heavy (non-hydrogen) atoms. The summed E-state index contributed by atoms with van der Waals surface area (Å²) in [4.78, 5) is 11.1. The van der Waals surface area contributed by atoms with Gasteiger partial charge in [-0.05, 0) is 34.7 Å². The molecule has 0 amide bonds. The van der Waals surface area contributed by atoms with E-state index in [-0.39, 0.29) is 14.7 Å². The Morgan fingerprint density at radius 3 is 2.79 bits per heavy atom. The van der Waals surface area contributed by atoms with Gasteiger partial charge in [-0.3, -0.25) is 0 Å². The Labute approximate surface area is 93.6 Å². The smallest absolute Gasteiger partial charge is 0.341 e. The Balaban J connectivity index is 3.42. The number of halogens is 2. The molecular weight excluding hydrogens is 300 g/mol. The van der Waals surface area contributed by atoms with Gasteiger partial charge in [0, 0.05) is 3.57 Å². The summed E-state index contributed by atoms with van der Waals surface area (Å²) in [5, 5.41) is 8.66. The van der Waals surface area contributed by atoms with Gasteiger partial charge in [0.2, 0.25) is 0 Å². The third-order valence-corrected chi connectivity index (χ3v) is 2.72. The maximum absolute atomic E-state index is 13.2. The van der Waals surface area contributed by atoms with Gasteiger partial charge < -0.3 is 4.74 Å². The van der Waals surface area contributed by atoms with Crippen molar-refractivity contribution in [2.75, 3.05) is 7.11 Å². The van der Waals surface area contributed by atoms with Crippen molar-refractivity contribution in [1.82, 2.24) is 0 Å². The van der Waals surface area contributed by atoms with E-state index in [1.165, 1.54) is 6.07 Å². The van der Waals surface area contributed by atoms with Crippen molar-refractivity contribution in [2.45, 2.75) is 0 Å². The molecule has 0 N–H and O–H groups in total. The summed E-state index contributed by atoms with van der Waals surface area (Å²) in [6, 6.07) is 4.26. The first-order valence-corrected chi connectivity index (χ1v) is 4.66. The number of nitriles is 1. The second-order valence-corrected chi connectivity index (χ2v) is 3.47. The van der Waals surface area contributed by atoms with Gasteiger partial charge in [0.1, 0.15) is 17.4 Å². The Morgan fingerprint density at radius 2 is 2.29 bits per heavy atom. The fourth-order valence-corrected chi connectivity index (χ4v) is 1.71. The van der Waals surface area contributed by atoms with E-state index in [1.54, 1.807) is 22.6 Å². The molecule has 1 rings (SSSR count). The molecule has 0 bridgehead atoms. The summed E-state index contributed by atoms with van der Waals surface area (Å²) >= 11 is 1.74. The quantitative estimate of drug-likeness (QED) is 0.590. The lowest BCUT2D eigenvalue weighted by molar-refractivity contribution is 0.0594. The van der Waals surface area contributed by atoms with Crippen LogP contribution in [0.15, 0.2) is 12.1 Å². The van der Waals surface area contributed by atoms with Crippen molar-refractivity contribution in [1.29, 1.82) is 5.26 Å². The highest BCUT2D eigenvalue weighted by molar-refractivity contribution is 14.1. The third kappa shape index (κ3) is 1.85. The molecular formula is C9H5FINO2. The predicted molar refractivity (Wildman–Crippen MR) is 55.2 cm³/mol. The zero-order chi connectivity index (χ0) is 10.7. The fourth-order valence-electron chi connectivity index (χ4n) is 0.928. The molecule has 0 aliphatic carbocycles. The normalized spacial score (nSPS) is 9.29. The van der Waals surface area contributed by atoms with Crippen molar-refractivity contribution in [2.24, 2.45) is 0 Å². The van der Waals surface area contributed by atoms with Crippen LogP contribution >= 0.6 is 22.6 Å². The van der Waals surface area contributed by atoms with Crippen LogP contribution < -0.4 is 0 Å². The third-order valence-electron chi connectivity index (χ3n) is 1.60. The molecule has 1 aromatic rings. The molecule has 0 fully saturated rings. The minimum Gasteiger partial charge on any atom is -0.465 e. The number of nitrogens with zero attached hydrogens (tertiary/aromatic N) is 1. The zero-order valence-corrected chi connectivity index (χ0v) is 9.33. The lowest BCUT2D eigenvalue weighted by atomic mass is 10.1. The minimum absolute atomic E-state index is 0.188. The summed E-state index contributed by atoms with van der Waals surface area (Å²) < 4.78 is 17.9. The summed E-state index contributed by atoms with van der Waals surface area (Å²) in [5.41, 5.74) is 0.0690. The minimum atomic E-state index is -0.774. The average Bonchev–Trinajstić information content (AvgIpc) is 2.18. The van der Waals surface area contributed by atoms with Gasteiger partial charge in [-0.1, -0.05) is 0 Å². The van der Waals surface area contributed by atoms with Crippen LogP contribution in [0.5, 0.6) is 0 Å². The van der Waals surface area contributed by atoms with E-state index in [2.05, 4.69) is 4.74 Å². The second kappa shape index (κ2) is 4.37. The molecule has 0 aliphatic rings. The molecule has 0 radical (unpaired) electrons. The molecule has 0 heterocycles. The first kappa shape index (κ1) is 10.9. The van der Waals surface area contributed by atoms with Crippen LogP contribution in [0.25, 0.3) is 0 Å². The number of hydrogen-bond acceptors (Lipinski definition) is 3. The molecule has 0 aromatic heterocycles. The highest BCUT2D eigenvalue weighted by Gasteiger charge is 2.18. The zero-order valence-electron chi connectivity index (χ0n) is 7.17. The van der Waals surface area contributed by atoms with Gasteiger partial charge in [-0.15, -0.1) is 0 Å². The van der Waals surface area contributed by atoms with Crippen molar-refractivity contribution < 1.29 is 13.9 Å². The van der Waals surface area contributed by atoms with E-state index in [9.17, 15) is 9.18 Å².